The maximum Gasteiger partial charge on any atom is 0.307 e. The molecule has 20 heavy (non-hydrogen) atoms. The number of rotatable bonds is 7. The lowest BCUT2D eigenvalue weighted by Gasteiger charge is -2.17. The average Bonchev–Trinajstić information content (AvgIpc) is 3.24. The molecule has 1 aliphatic rings. The standard InChI is InChI=1S/C15H19NO4/c1-16(14(17)12-10-13(12)15(18)19)8-5-9-20-11-6-3-2-4-7-11/h2-4,6-7,12-13H,5,8-10H2,1H3,(H,18,19). The smallest absolute Gasteiger partial charge is 0.307 e. The summed E-state index contributed by atoms with van der Waals surface area (Å²) in [5.41, 5.74) is 0. The van der Waals surface area contributed by atoms with E-state index in [1.165, 1.54) is 0 Å². The second-order valence-electron chi connectivity index (χ2n) is 5.06. The van der Waals surface area contributed by atoms with Crippen molar-refractivity contribution >= 4 is 11.9 Å². The van der Waals surface area contributed by atoms with Gasteiger partial charge in [-0.3, -0.25) is 9.59 Å². The summed E-state index contributed by atoms with van der Waals surface area (Å²) in [6.07, 6.45) is 1.20. The second-order valence-corrected chi connectivity index (χ2v) is 5.06. The van der Waals surface area contributed by atoms with Crippen LogP contribution in [0.1, 0.15) is 12.8 Å². The van der Waals surface area contributed by atoms with E-state index >= 15 is 0 Å². The van der Waals surface area contributed by atoms with Crippen LogP contribution in [-0.2, 0) is 9.59 Å². The molecular formula is C15H19NO4. The van der Waals surface area contributed by atoms with E-state index in [0.29, 0.717) is 19.6 Å². The molecule has 0 spiro atoms. The van der Waals surface area contributed by atoms with Crippen molar-refractivity contribution in [2.75, 3.05) is 20.2 Å². The molecule has 1 aromatic rings. The average molecular weight is 277 g/mol. The number of carbonyl (C=O) groups excluding carboxylic acids is 1. The van der Waals surface area contributed by atoms with Crippen molar-refractivity contribution in [3.8, 4) is 5.75 Å². The Bertz CT molecular complexity index is 474. The molecule has 0 saturated heterocycles. The van der Waals surface area contributed by atoms with Crippen molar-refractivity contribution in [2.45, 2.75) is 12.8 Å². The Kier molecular flexibility index (Phi) is 4.61. The van der Waals surface area contributed by atoms with Crippen LogP contribution in [0.5, 0.6) is 5.75 Å². The lowest BCUT2D eigenvalue weighted by atomic mass is 10.2. The molecule has 2 atom stereocenters. The monoisotopic (exact) mass is 277 g/mol. The lowest BCUT2D eigenvalue weighted by molar-refractivity contribution is -0.141. The zero-order valence-electron chi connectivity index (χ0n) is 11.5. The molecule has 1 aliphatic carbocycles. The van der Waals surface area contributed by atoms with Crippen LogP contribution >= 0.6 is 0 Å². The molecule has 1 fully saturated rings. The summed E-state index contributed by atoms with van der Waals surface area (Å²) in [5.74, 6) is -0.936. The van der Waals surface area contributed by atoms with Crippen molar-refractivity contribution in [1.29, 1.82) is 0 Å². The Morgan fingerprint density at radius 1 is 1.30 bits per heavy atom. The fraction of sp³-hybridized carbons (Fsp3) is 0.467. The van der Waals surface area contributed by atoms with Gasteiger partial charge in [0.05, 0.1) is 18.4 Å². The predicted molar refractivity (Wildman–Crippen MR) is 73.4 cm³/mol. The number of ether oxygens (including phenoxy) is 1. The quantitative estimate of drug-likeness (QED) is 0.769. The molecule has 0 aliphatic heterocycles. The molecule has 1 aromatic carbocycles. The third-order valence-corrected chi connectivity index (χ3v) is 3.45. The Morgan fingerprint density at radius 2 is 2.00 bits per heavy atom. The highest BCUT2D eigenvalue weighted by Gasteiger charge is 2.49. The van der Waals surface area contributed by atoms with E-state index in [1.54, 1.807) is 11.9 Å². The number of carboxylic acid groups (broad SMARTS) is 1. The molecule has 5 heteroatoms. The lowest BCUT2D eigenvalue weighted by Crippen LogP contribution is -2.31. The third-order valence-electron chi connectivity index (χ3n) is 3.45. The van der Waals surface area contributed by atoms with E-state index in [0.717, 1.165) is 12.2 Å². The summed E-state index contributed by atoms with van der Waals surface area (Å²) >= 11 is 0. The molecule has 2 unspecified atom stereocenters. The Morgan fingerprint density at radius 3 is 2.60 bits per heavy atom. The van der Waals surface area contributed by atoms with Crippen molar-refractivity contribution < 1.29 is 19.4 Å². The molecule has 1 saturated carbocycles. The normalized spacial score (nSPS) is 20.2. The van der Waals surface area contributed by atoms with Gasteiger partial charge in [-0.2, -0.15) is 0 Å². The van der Waals surface area contributed by atoms with E-state index in [-0.39, 0.29) is 11.8 Å². The fourth-order valence-electron chi connectivity index (χ4n) is 2.14. The van der Waals surface area contributed by atoms with Gasteiger partial charge in [0.1, 0.15) is 5.75 Å². The minimum Gasteiger partial charge on any atom is -0.494 e. The van der Waals surface area contributed by atoms with Gasteiger partial charge in [0.15, 0.2) is 0 Å². The van der Waals surface area contributed by atoms with E-state index in [2.05, 4.69) is 0 Å². The van der Waals surface area contributed by atoms with Gasteiger partial charge >= 0.3 is 5.97 Å². The van der Waals surface area contributed by atoms with Crippen molar-refractivity contribution in [3.63, 3.8) is 0 Å². The Labute approximate surface area is 118 Å². The summed E-state index contributed by atoms with van der Waals surface area (Å²) in [6.45, 7) is 1.11. The van der Waals surface area contributed by atoms with Crippen LogP contribution in [0, 0.1) is 11.8 Å². The summed E-state index contributed by atoms with van der Waals surface area (Å²) < 4.78 is 5.54. The van der Waals surface area contributed by atoms with Crippen LogP contribution in [0.4, 0.5) is 0 Å². The minimum absolute atomic E-state index is 0.0721. The molecule has 1 amide bonds. The highest BCUT2D eigenvalue weighted by Crippen LogP contribution is 2.39. The minimum atomic E-state index is -0.871. The molecule has 5 nitrogen and oxygen atoms in total. The molecular weight excluding hydrogens is 258 g/mol. The van der Waals surface area contributed by atoms with Gasteiger partial charge in [-0.15, -0.1) is 0 Å². The van der Waals surface area contributed by atoms with Crippen molar-refractivity contribution in [2.24, 2.45) is 11.8 Å². The van der Waals surface area contributed by atoms with E-state index in [4.69, 9.17) is 9.84 Å². The van der Waals surface area contributed by atoms with E-state index in [9.17, 15) is 9.59 Å². The van der Waals surface area contributed by atoms with Gasteiger partial charge in [-0.05, 0) is 25.0 Å². The van der Waals surface area contributed by atoms with Crippen LogP contribution in [0.3, 0.4) is 0 Å². The number of hydrogen-bond donors (Lipinski definition) is 1. The topological polar surface area (TPSA) is 66.8 Å². The Balaban J connectivity index is 1.64. The molecule has 0 heterocycles. The molecule has 108 valence electrons. The van der Waals surface area contributed by atoms with Crippen molar-refractivity contribution in [3.05, 3.63) is 30.3 Å². The second kappa shape index (κ2) is 6.41. The number of nitrogens with zero attached hydrogens (tertiary/aromatic N) is 1. The summed E-state index contributed by atoms with van der Waals surface area (Å²) in [5, 5.41) is 8.80. The van der Waals surface area contributed by atoms with E-state index < -0.39 is 11.9 Å². The van der Waals surface area contributed by atoms with Gasteiger partial charge in [0, 0.05) is 13.6 Å². The molecule has 0 bridgehead atoms. The van der Waals surface area contributed by atoms with Gasteiger partial charge < -0.3 is 14.7 Å². The zero-order chi connectivity index (χ0) is 14.5. The van der Waals surface area contributed by atoms with Crippen LogP contribution in [0.25, 0.3) is 0 Å². The maximum atomic E-state index is 11.9. The van der Waals surface area contributed by atoms with Crippen LogP contribution in [0.15, 0.2) is 30.3 Å². The molecule has 2 rings (SSSR count). The van der Waals surface area contributed by atoms with Crippen LogP contribution < -0.4 is 4.74 Å². The Hall–Kier alpha value is -2.04. The van der Waals surface area contributed by atoms with Gasteiger partial charge in [0.2, 0.25) is 5.91 Å². The number of para-hydroxylation sites is 1. The fourth-order valence-corrected chi connectivity index (χ4v) is 2.14. The first-order valence-electron chi connectivity index (χ1n) is 6.75. The number of hydrogen-bond acceptors (Lipinski definition) is 3. The number of amides is 1. The largest absolute Gasteiger partial charge is 0.494 e. The highest BCUT2D eigenvalue weighted by molar-refractivity contribution is 5.89. The number of carboxylic acids is 1. The van der Waals surface area contributed by atoms with Gasteiger partial charge in [0.25, 0.3) is 0 Å². The SMILES string of the molecule is CN(CCCOc1ccccc1)C(=O)C1CC1C(=O)O. The first-order chi connectivity index (χ1) is 9.59. The first kappa shape index (κ1) is 14.4. The first-order valence-corrected chi connectivity index (χ1v) is 6.75. The summed E-state index contributed by atoms with van der Waals surface area (Å²) in [4.78, 5) is 24.2. The van der Waals surface area contributed by atoms with Gasteiger partial charge in [-0.1, -0.05) is 18.2 Å². The maximum absolute atomic E-state index is 11.9. The number of benzene rings is 1. The highest BCUT2D eigenvalue weighted by atomic mass is 16.5. The number of carbonyl (C=O) groups is 2. The van der Waals surface area contributed by atoms with Crippen molar-refractivity contribution in [1.82, 2.24) is 4.90 Å². The van der Waals surface area contributed by atoms with Crippen LogP contribution in [-0.4, -0.2) is 42.1 Å². The summed E-state index contributed by atoms with van der Waals surface area (Å²) in [6, 6.07) is 9.51. The van der Waals surface area contributed by atoms with E-state index in [1.807, 2.05) is 30.3 Å². The zero-order valence-corrected chi connectivity index (χ0v) is 11.5. The molecule has 0 aromatic heterocycles. The summed E-state index contributed by atoms with van der Waals surface area (Å²) in [7, 11) is 1.71. The predicted octanol–water partition coefficient (Wildman–Crippen LogP) is 1.63. The van der Waals surface area contributed by atoms with Gasteiger partial charge in [-0.25, -0.2) is 0 Å². The molecule has 1 N–H and O–H groups in total. The number of aliphatic carboxylic acids is 1. The van der Waals surface area contributed by atoms with Crippen LogP contribution in [0.2, 0.25) is 0 Å². The third kappa shape index (κ3) is 3.73. The molecule has 0 radical (unpaired) electrons.